The highest BCUT2D eigenvalue weighted by atomic mass is 15.3. The molecule has 2 N–H and O–H groups in total. The van der Waals surface area contributed by atoms with Crippen molar-refractivity contribution in [1.29, 1.82) is 0 Å². The van der Waals surface area contributed by atoms with Gasteiger partial charge in [-0.3, -0.25) is 14.8 Å². The zero-order valence-corrected chi connectivity index (χ0v) is 12.3. The second kappa shape index (κ2) is 5.99. The van der Waals surface area contributed by atoms with Crippen LogP contribution in [0.1, 0.15) is 26.0 Å². The molecule has 0 saturated carbocycles. The van der Waals surface area contributed by atoms with Crippen molar-refractivity contribution in [3.8, 4) is 0 Å². The summed E-state index contributed by atoms with van der Waals surface area (Å²) in [5.74, 6) is 0. The van der Waals surface area contributed by atoms with E-state index in [2.05, 4.69) is 41.7 Å². The third-order valence-electron chi connectivity index (χ3n) is 4.41. The van der Waals surface area contributed by atoms with Crippen molar-refractivity contribution in [2.45, 2.75) is 38.4 Å². The Morgan fingerprint density at radius 1 is 1.47 bits per heavy atom. The normalized spacial score (nSPS) is 24.5. The number of likely N-dealkylation sites (N-methyl/N-ethyl adjacent to an activating group) is 1. The molecule has 1 fully saturated rings. The number of hydrogen-bond acceptors (Lipinski definition) is 4. The van der Waals surface area contributed by atoms with Gasteiger partial charge in [0.05, 0.1) is 5.69 Å². The summed E-state index contributed by atoms with van der Waals surface area (Å²) in [5, 5.41) is 0. The molecule has 1 saturated heterocycles. The Balaban J connectivity index is 2.05. The topological polar surface area (TPSA) is 45.4 Å². The third kappa shape index (κ3) is 3.14. The number of nitrogens with two attached hydrogens (primary N) is 1. The molecule has 0 amide bonds. The predicted octanol–water partition coefficient (Wildman–Crippen LogP) is 1.33. The van der Waals surface area contributed by atoms with Gasteiger partial charge in [-0.15, -0.1) is 0 Å². The van der Waals surface area contributed by atoms with Crippen molar-refractivity contribution in [3.05, 3.63) is 30.1 Å². The lowest BCUT2D eigenvalue weighted by Crippen LogP contribution is -2.54. The summed E-state index contributed by atoms with van der Waals surface area (Å²) in [7, 11) is 2.17. The van der Waals surface area contributed by atoms with E-state index in [1.807, 2.05) is 18.3 Å². The van der Waals surface area contributed by atoms with Gasteiger partial charge in [0, 0.05) is 44.0 Å². The number of aromatic nitrogens is 1. The molecule has 1 unspecified atom stereocenters. The van der Waals surface area contributed by atoms with Crippen LogP contribution < -0.4 is 5.73 Å². The molecule has 0 bridgehead atoms. The minimum Gasteiger partial charge on any atom is -0.329 e. The molecule has 4 nitrogen and oxygen atoms in total. The average molecular weight is 262 g/mol. The molecule has 1 atom stereocenters. The average Bonchev–Trinajstić information content (AvgIpc) is 2.86. The Kier molecular flexibility index (Phi) is 4.55. The number of pyridine rings is 1. The number of rotatable bonds is 5. The van der Waals surface area contributed by atoms with E-state index >= 15 is 0 Å². The Morgan fingerprint density at radius 3 is 2.79 bits per heavy atom. The monoisotopic (exact) mass is 262 g/mol. The third-order valence-corrected chi connectivity index (χ3v) is 4.41. The van der Waals surface area contributed by atoms with Crippen LogP contribution in [0.5, 0.6) is 0 Å². The summed E-state index contributed by atoms with van der Waals surface area (Å²) in [6, 6.07) is 6.67. The second-order valence-corrected chi connectivity index (χ2v) is 5.92. The van der Waals surface area contributed by atoms with Gasteiger partial charge in [-0.25, -0.2) is 0 Å². The van der Waals surface area contributed by atoms with E-state index in [1.54, 1.807) is 0 Å². The molecule has 0 aromatic carbocycles. The van der Waals surface area contributed by atoms with E-state index in [9.17, 15) is 0 Å². The van der Waals surface area contributed by atoms with E-state index in [1.165, 1.54) is 0 Å². The summed E-state index contributed by atoms with van der Waals surface area (Å²) in [5.41, 5.74) is 7.31. The van der Waals surface area contributed by atoms with Crippen LogP contribution in [0.2, 0.25) is 0 Å². The summed E-state index contributed by atoms with van der Waals surface area (Å²) >= 11 is 0. The first kappa shape index (κ1) is 14.4. The van der Waals surface area contributed by atoms with Gasteiger partial charge in [0.1, 0.15) is 0 Å². The maximum Gasteiger partial charge on any atom is 0.0544 e. The highest BCUT2D eigenvalue weighted by Crippen LogP contribution is 2.28. The lowest BCUT2D eigenvalue weighted by molar-refractivity contribution is 0.114. The predicted molar refractivity (Wildman–Crippen MR) is 78.8 cm³/mol. The van der Waals surface area contributed by atoms with Crippen LogP contribution >= 0.6 is 0 Å². The number of nitrogens with zero attached hydrogens (tertiary/aromatic N) is 3. The number of hydrogen-bond donors (Lipinski definition) is 1. The molecule has 0 radical (unpaired) electrons. The van der Waals surface area contributed by atoms with Gasteiger partial charge in [0.2, 0.25) is 0 Å². The molecule has 1 aliphatic rings. The standard InChI is InChI=1S/C15H26N4/c1-13(2)19-9-7-15(11-16,12-19)18(3)10-14-6-4-5-8-17-14/h4-6,8,13H,7,9-12,16H2,1-3H3. The van der Waals surface area contributed by atoms with Crippen LogP contribution in [0.4, 0.5) is 0 Å². The molecule has 4 heteroatoms. The Labute approximate surface area is 116 Å². The van der Waals surface area contributed by atoms with Gasteiger partial charge in [-0.2, -0.15) is 0 Å². The summed E-state index contributed by atoms with van der Waals surface area (Å²) in [4.78, 5) is 9.32. The fourth-order valence-electron chi connectivity index (χ4n) is 2.87. The van der Waals surface area contributed by atoms with E-state index in [-0.39, 0.29) is 5.54 Å². The molecular formula is C15H26N4. The van der Waals surface area contributed by atoms with Crippen LogP contribution in [0.3, 0.4) is 0 Å². The molecular weight excluding hydrogens is 236 g/mol. The molecule has 106 valence electrons. The molecule has 1 aromatic heterocycles. The SMILES string of the molecule is CC(C)N1CCC(CN)(N(C)Cc2ccccn2)C1. The van der Waals surface area contributed by atoms with Gasteiger partial charge in [-0.1, -0.05) is 6.07 Å². The van der Waals surface area contributed by atoms with Crippen LogP contribution in [0.25, 0.3) is 0 Å². The van der Waals surface area contributed by atoms with Gasteiger partial charge in [0.15, 0.2) is 0 Å². The van der Waals surface area contributed by atoms with E-state index in [0.29, 0.717) is 12.6 Å². The zero-order chi connectivity index (χ0) is 13.9. The smallest absolute Gasteiger partial charge is 0.0544 e. The van der Waals surface area contributed by atoms with Crippen molar-refractivity contribution in [3.63, 3.8) is 0 Å². The van der Waals surface area contributed by atoms with Crippen LogP contribution in [0, 0.1) is 0 Å². The van der Waals surface area contributed by atoms with E-state index < -0.39 is 0 Å². The minimum absolute atomic E-state index is 0.0990. The van der Waals surface area contributed by atoms with Gasteiger partial charge < -0.3 is 5.73 Å². The van der Waals surface area contributed by atoms with Gasteiger partial charge in [0.25, 0.3) is 0 Å². The second-order valence-electron chi connectivity index (χ2n) is 5.92. The molecule has 1 aliphatic heterocycles. The van der Waals surface area contributed by atoms with Crippen molar-refractivity contribution < 1.29 is 0 Å². The fraction of sp³-hybridized carbons (Fsp3) is 0.667. The number of likely N-dealkylation sites (tertiary alicyclic amines) is 1. The largest absolute Gasteiger partial charge is 0.329 e. The lowest BCUT2D eigenvalue weighted by atomic mass is 9.96. The molecule has 2 rings (SSSR count). The van der Waals surface area contributed by atoms with Crippen molar-refractivity contribution in [2.24, 2.45) is 5.73 Å². The molecule has 0 aliphatic carbocycles. The lowest BCUT2D eigenvalue weighted by Gasteiger charge is -2.38. The molecule has 0 spiro atoms. The Morgan fingerprint density at radius 2 is 2.26 bits per heavy atom. The Hall–Kier alpha value is -0.970. The molecule has 19 heavy (non-hydrogen) atoms. The minimum atomic E-state index is 0.0990. The fourth-order valence-corrected chi connectivity index (χ4v) is 2.87. The summed E-state index contributed by atoms with van der Waals surface area (Å²) in [6.45, 7) is 8.28. The van der Waals surface area contributed by atoms with Gasteiger partial charge in [-0.05, 0) is 39.4 Å². The van der Waals surface area contributed by atoms with E-state index in [0.717, 1.165) is 31.7 Å². The Bertz CT molecular complexity index is 392. The summed E-state index contributed by atoms with van der Waals surface area (Å²) in [6.07, 6.45) is 3.00. The highest BCUT2D eigenvalue weighted by Gasteiger charge is 2.40. The first-order valence-corrected chi connectivity index (χ1v) is 7.13. The summed E-state index contributed by atoms with van der Waals surface area (Å²) < 4.78 is 0. The quantitative estimate of drug-likeness (QED) is 0.869. The molecule has 1 aromatic rings. The molecule has 2 heterocycles. The maximum absolute atomic E-state index is 6.10. The zero-order valence-electron chi connectivity index (χ0n) is 12.3. The van der Waals surface area contributed by atoms with Crippen LogP contribution in [0.15, 0.2) is 24.4 Å². The van der Waals surface area contributed by atoms with Crippen LogP contribution in [-0.2, 0) is 6.54 Å². The first-order valence-electron chi connectivity index (χ1n) is 7.13. The highest BCUT2D eigenvalue weighted by molar-refractivity contribution is 5.06. The van der Waals surface area contributed by atoms with Crippen molar-refractivity contribution in [1.82, 2.24) is 14.8 Å². The van der Waals surface area contributed by atoms with Crippen molar-refractivity contribution >= 4 is 0 Å². The van der Waals surface area contributed by atoms with Crippen molar-refractivity contribution in [2.75, 3.05) is 26.7 Å². The maximum atomic E-state index is 6.10. The van der Waals surface area contributed by atoms with Gasteiger partial charge >= 0.3 is 0 Å². The first-order chi connectivity index (χ1) is 9.07. The van der Waals surface area contributed by atoms with E-state index in [4.69, 9.17) is 5.73 Å². The van der Waals surface area contributed by atoms with Crippen LogP contribution in [-0.4, -0.2) is 53.0 Å².